The van der Waals surface area contributed by atoms with Crippen molar-refractivity contribution in [2.45, 2.75) is 18.4 Å². The molecule has 142 valence electrons. The maximum Gasteiger partial charge on any atom is 0.240 e. The maximum atomic E-state index is 13.2. The van der Waals surface area contributed by atoms with Gasteiger partial charge in [-0.3, -0.25) is 9.59 Å². The Hall–Kier alpha value is -2.92. The first-order valence-corrected chi connectivity index (χ1v) is 9.78. The number of hydrogen-bond donors (Lipinski definition) is 2. The summed E-state index contributed by atoms with van der Waals surface area (Å²) in [5.74, 6) is -1.33. The summed E-state index contributed by atoms with van der Waals surface area (Å²) in [7, 11) is 0. The van der Waals surface area contributed by atoms with E-state index in [9.17, 15) is 9.59 Å². The highest BCUT2D eigenvalue weighted by atomic mass is 79.9. The quantitative estimate of drug-likeness (QED) is 0.591. The lowest BCUT2D eigenvalue weighted by molar-refractivity contribution is -0.127. The number of halogens is 1. The van der Waals surface area contributed by atoms with Gasteiger partial charge in [0.15, 0.2) is 0 Å². The minimum atomic E-state index is -0.788. The van der Waals surface area contributed by atoms with E-state index >= 15 is 0 Å². The van der Waals surface area contributed by atoms with E-state index in [0.29, 0.717) is 6.42 Å². The molecule has 1 atom stereocenters. The second-order valence-corrected chi connectivity index (χ2v) is 7.46. The van der Waals surface area contributed by atoms with Crippen molar-refractivity contribution in [3.8, 4) is 0 Å². The molecule has 0 aliphatic heterocycles. The van der Waals surface area contributed by atoms with Crippen LogP contribution in [0.15, 0.2) is 89.4 Å². The predicted octanol–water partition coefficient (Wildman–Crippen LogP) is 3.79. The van der Waals surface area contributed by atoms with E-state index in [0.717, 1.165) is 21.2 Å². The van der Waals surface area contributed by atoms with Gasteiger partial charge in [-0.2, -0.15) is 0 Å². The molecule has 0 fully saturated rings. The first kappa shape index (κ1) is 19.8. The lowest BCUT2D eigenvalue weighted by Gasteiger charge is -2.22. The number of benzene rings is 3. The topological polar surface area (TPSA) is 72.2 Å². The van der Waals surface area contributed by atoms with E-state index in [1.807, 2.05) is 84.9 Å². The van der Waals surface area contributed by atoms with E-state index in [1.165, 1.54) is 0 Å². The molecule has 2 amide bonds. The molecule has 0 radical (unpaired) electrons. The van der Waals surface area contributed by atoms with E-state index in [4.69, 9.17) is 5.73 Å². The summed E-state index contributed by atoms with van der Waals surface area (Å²) < 4.78 is 0.948. The van der Waals surface area contributed by atoms with Crippen LogP contribution in [0.5, 0.6) is 0 Å². The van der Waals surface area contributed by atoms with Gasteiger partial charge in [-0.1, -0.05) is 88.7 Å². The molecule has 0 bridgehead atoms. The summed E-state index contributed by atoms with van der Waals surface area (Å²) in [6.07, 6.45) is 0.338. The SMILES string of the molecule is NC(=O)[C@H](Cc1ccc(Br)cc1)NC(=O)C(c1ccccc1)c1ccccc1. The first-order valence-electron chi connectivity index (χ1n) is 8.98. The predicted molar refractivity (Wildman–Crippen MR) is 114 cm³/mol. The molecule has 0 unspecified atom stereocenters. The minimum absolute atomic E-state index is 0.252. The smallest absolute Gasteiger partial charge is 0.240 e. The number of nitrogens with one attached hydrogen (secondary N) is 1. The van der Waals surface area contributed by atoms with Gasteiger partial charge >= 0.3 is 0 Å². The fourth-order valence-electron chi connectivity index (χ4n) is 3.12. The van der Waals surface area contributed by atoms with Gasteiger partial charge in [0, 0.05) is 10.9 Å². The molecule has 3 rings (SSSR count). The Morgan fingerprint density at radius 3 is 1.79 bits per heavy atom. The highest BCUT2D eigenvalue weighted by Gasteiger charge is 2.27. The maximum absolute atomic E-state index is 13.2. The second-order valence-electron chi connectivity index (χ2n) is 6.55. The fraction of sp³-hybridized carbons (Fsp3) is 0.130. The van der Waals surface area contributed by atoms with Gasteiger partial charge in [0.25, 0.3) is 0 Å². The van der Waals surface area contributed by atoms with Gasteiger partial charge in [0.1, 0.15) is 6.04 Å². The Kier molecular flexibility index (Phi) is 6.61. The highest BCUT2D eigenvalue weighted by Crippen LogP contribution is 2.25. The summed E-state index contributed by atoms with van der Waals surface area (Å²) in [6, 6.07) is 25.8. The fourth-order valence-corrected chi connectivity index (χ4v) is 3.38. The minimum Gasteiger partial charge on any atom is -0.368 e. The van der Waals surface area contributed by atoms with Crippen molar-refractivity contribution in [3.63, 3.8) is 0 Å². The molecule has 5 heteroatoms. The van der Waals surface area contributed by atoms with E-state index in [1.54, 1.807) is 0 Å². The molecular formula is C23H21BrN2O2. The summed E-state index contributed by atoms with van der Waals surface area (Å²) in [5, 5.41) is 2.85. The van der Waals surface area contributed by atoms with Crippen LogP contribution < -0.4 is 11.1 Å². The van der Waals surface area contributed by atoms with E-state index in [2.05, 4.69) is 21.2 Å². The van der Waals surface area contributed by atoms with Crippen molar-refractivity contribution in [3.05, 3.63) is 106 Å². The Bertz CT molecular complexity index is 888. The second kappa shape index (κ2) is 9.33. The molecule has 0 aliphatic carbocycles. The molecule has 3 N–H and O–H groups in total. The zero-order chi connectivity index (χ0) is 19.9. The van der Waals surface area contributed by atoms with Crippen LogP contribution in [-0.4, -0.2) is 17.9 Å². The molecule has 4 nitrogen and oxygen atoms in total. The normalized spacial score (nSPS) is 11.8. The number of rotatable bonds is 7. The molecule has 28 heavy (non-hydrogen) atoms. The Morgan fingerprint density at radius 2 is 1.32 bits per heavy atom. The third-order valence-electron chi connectivity index (χ3n) is 4.54. The highest BCUT2D eigenvalue weighted by molar-refractivity contribution is 9.10. The number of carbonyl (C=O) groups is 2. The molecule has 3 aromatic rings. The van der Waals surface area contributed by atoms with Gasteiger partial charge in [-0.05, 0) is 28.8 Å². The molecule has 0 heterocycles. The van der Waals surface area contributed by atoms with Gasteiger partial charge in [-0.25, -0.2) is 0 Å². The van der Waals surface area contributed by atoms with E-state index in [-0.39, 0.29) is 5.91 Å². The van der Waals surface area contributed by atoms with Crippen molar-refractivity contribution < 1.29 is 9.59 Å². The van der Waals surface area contributed by atoms with Crippen LogP contribution in [0.3, 0.4) is 0 Å². The van der Waals surface area contributed by atoms with Crippen LogP contribution in [0.2, 0.25) is 0 Å². The van der Waals surface area contributed by atoms with Crippen molar-refractivity contribution in [1.82, 2.24) is 5.32 Å². The standard InChI is InChI=1S/C23H21BrN2O2/c24-19-13-11-16(12-14-19)15-20(22(25)27)26-23(28)21(17-7-3-1-4-8-17)18-9-5-2-6-10-18/h1-14,20-21H,15H2,(H2,25,27)(H,26,28)/t20-/m0/s1. The summed E-state index contributed by atoms with van der Waals surface area (Å²) in [6.45, 7) is 0. The number of hydrogen-bond acceptors (Lipinski definition) is 2. The Balaban J connectivity index is 1.85. The molecule has 0 aromatic heterocycles. The first-order chi connectivity index (χ1) is 13.5. The number of carbonyl (C=O) groups excluding carboxylic acids is 2. The van der Waals surface area contributed by atoms with Gasteiger partial charge < -0.3 is 11.1 Å². The number of nitrogens with two attached hydrogens (primary N) is 1. The van der Waals surface area contributed by atoms with Gasteiger partial charge in [-0.15, -0.1) is 0 Å². The Labute approximate surface area is 172 Å². The molecule has 0 saturated carbocycles. The summed E-state index contributed by atoms with van der Waals surface area (Å²) in [5.41, 5.74) is 8.22. The monoisotopic (exact) mass is 436 g/mol. The van der Waals surface area contributed by atoms with Crippen LogP contribution in [0.25, 0.3) is 0 Å². The van der Waals surface area contributed by atoms with Crippen molar-refractivity contribution in [1.29, 1.82) is 0 Å². The average Bonchev–Trinajstić information content (AvgIpc) is 2.71. The van der Waals surface area contributed by atoms with Gasteiger partial charge in [0.2, 0.25) is 11.8 Å². The molecule has 3 aromatic carbocycles. The van der Waals surface area contributed by atoms with Gasteiger partial charge in [0.05, 0.1) is 5.92 Å². The molecule has 0 saturated heterocycles. The zero-order valence-electron chi connectivity index (χ0n) is 15.2. The van der Waals surface area contributed by atoms with Crippen molar-refractivity contribution >= 4 is 27.7 Å². The van der Waals surface area contributed by atoms with Crippen molar-refractivity contribution in [2.75, 3.05) is 0 Å². The van der Waals surface area contributed by atoms with Crippen LogP contribution in [-0.2, 0) is 16.0 Å². The number of amides is 2. The summed E-state index contributed by atoms with van der Waals surface area (Å²) >= 11 is 3.39. The van der Waals surface area contributed by atoms with Crippen molar-refractivity contribution in [2.24, 2.45) is 5.73 Å². The zero-order valence-corrected chi connectivity index (χ0v) is 16.8. The lowest BCUT2D eigenvalue weighted by Crippen LogP contribution is -2.47. The molecular weight excluding hydrogens is 416 g/mol. The summed E-state index contributed by atoms with van der Waals surface area (Å²) in [4.78, 5) is 25.2. The van der Waals surface area contributed by atoms with Crippen LogP contribution in [0, 0.1) is 0 Å². The van der Waals surface area contributed by atoms with E-state index < -0.39 is 17.9 Å². The largest absolute Gasteiger partial charge is 0.368 e. The third kappa shape index (κ3) is 5.08. The lowest BCUT2D eigenvalue weighted by atomic mass is 9.90. The number of primary amides is 1. The average molecular weight is 437 g/mol. The van der Waals surface area contributed by atoms with Crippen LogP contribution in [0.4, 0.5) is 0 Å². The van der Waals surface area contributed by atoms with Crippen LogP contribution in [0.1, 0.15) is 22.6 Å². The van der Waals surface area contributed by atoms with Crippen LogP contribution >= 0.6 is 15.9 Å². The molecule has 0 aliphatic rings. The third-order valence-corrected chi connectivity index (χ3v) is 5.07. The molecule has 0 spiro atoms. The Morgan fingerprint density at radius 1 is 0.821 bits per heavy atom.